The SMILES string of the molecule is CCCCNC(=O)CCC1CCC[N]C1. The zero-order valence-electron chi connectivity index (χ0n) is 9.80. The summed E-state index contributed by atoms with van der Waals surface area (Å²) in [6.07, 6.45) is 6.39. The van der Waals surface area contributed by atoms with Gasteiger partial charge < -0.3 is 5.32 Å². The molecule has 0 spiro atoms. The number of carbonyl (C=O) groups excluding carboxylic acids is 1. The Kier molecular flexibility index (Phi) is 6.41. The lowest BCUT2D eigenvalue weighted by molar-refractivity contribution is -0.121. The monoisotopic (exact) mass is 211 g/mol. The Hall–Kier alpha value is -0.570. The predicted molar refractivity (Wildman–Crippen MR) is 61.7 cm³/mol. The Labute approximate surface area is 93.0 Å². The van der Waals surface area contributed by atoms with Gasteiger partial charge in [-0.15, -0.1) is 0 Å². The number of nitrogens with zero attached hydrogens (tertiary/aromatic N) is 1. The van der Waals surface area contributed by atoms with Gasteiger partial charge in [0.05, 0.1) is 0 Å². The summed E-state index contributed by atoms with van der Waals surface area (Å²) in [4.78, 5) is 11.4. The van der Waals surface area contributed by atoms with E-state index in [0.717, 1.165) is 38.9 Å². The Bertz CT molecular complexity index is 176. The Morgan fingerprint density at radius 3 is 3.07 bits per heavy atom. The molecule has 0 saturated carbocycles. The van der Waals surface area contributed by atoms with E-state index < -0.39 is 0 Å². The summed E-state index contributed by atoms with van der Waals surface area (Å²) < 4.78 is 0. The van der Waals surface area contributed by atoms with E-state index in [4.69, 9.17) is 0 Å². The quantitative estimate of drug-likeness (QED) is 0.668. The van der Waals surface area contributed by atoms with Crippen molar-refractivity contribution in [2.24, 2.45) is 5.92 Å². The second kappa shape index (κ2) is 7.69. The first-order valence-corrected chi connectivity index (χ1v) is 6.23. The van der Waals surface area contributed by atoms with Gasteiger partial charge in [0, 0.05) is 26.1 Å². The molecule has 1 atom stereocenters. The number of amides is 1. The van der Waals surface area contributed by atoms with Crippen molar-refractivity contribution in [1.82, 2.24) is 10.6 Å². The number of unbranched alkanes of at least 4 members (excludes halogenated alkanes) is 1. The number of hydrogen-bond donors (Lipinski definition) is 1. The van der Waals surface area contributed by atoms with Crippen LogP contribution in [0.2, 0.25) is 0 Å². The Morgan fingerprint density at radius 2 is 2.40 bits per heavy atom. The van der Waals surface area contributed by atoms with Gasteiger partial charge in [-0.3, -0.25) is 4.79 Å². The van der Waals surface area contributed by atoms with Gasteiger partial charge in [0.15, 0.2) is 0 Å². The molecule has 1 N–H and O–H groups in total. The van der Waals surface area contributed by atoms with Crippen LogP contribution in [0.25, 0.3) is 0 Å². The minimum atomic E-state index is 0.217. The van der Waals surface area contributed by atoms with Crippen LogP contribution in [-0.4, -0.2) is 25.5 Å². The summed E-state index contributed by atoms with van der Waals surface area (Å²) in [7, 11) is 0. The van der Waals surface area contributed by atoms with Gasteiger partial charge in [0.2, 0.25) is 5.91 Å². The average Bonchev–Trinajstić information content (AvgIpc) is 2.28. The fourth-order valence-electron chi connectivity index (χ4n) is 1.92. The standard InChI is InChI=1S/C12H23N2O/c1-2-3-9-14-12(15)7-6-11-5-4-8-13-10-11/h11H,2-10H2,1H3,(H,14,15). The topological polar surface area (TPSA) is 43.2 Å². The first-order chi connectivity index (χ1) is 7.33. The van der Waals surface area contributed by atoms with Crippen LogP contribution in [-0.2, 0) is 4.79 Å². The number of carbonyl (C=O) groups is 1. The number of nitrogens with one attached hydrogen (secondary N) is 1. The molecular weight excluding hydrogens is 188 g/mol. The third-order valence-corrected chi connectivity index (χ3v) is 2.95. The van der Waals surface area contributed by atoms with Gasteiger partial charge in [0.25, 0.3) is 0 Å². The molecule has 0 aromatic heterocycles. The molecule has 15 heavy (non-hydrogen) atoms. The molecular formula is C12H23N2O. The van der Waals surface area contributed by atoms with Crippen LogP contribution in [0.4, 0.5) is 0 Å². The molecule has 0 bridgehead atoms. The van der Waals surface area contributed by atoms with Gasteiger partial charge in [-0.25, -0.2) is 5.32 Å². The van der Waals surface area contributed by atoms with Crippen molar-refractivity contribution in [3.8, 4) is 0 Å². The second-order valence-electron chi connectivity index (χ2n) is 4.38. The number of piperidine rings is 1. The van der Waals surface area contributed by atoms with Crippen molar-refractivity contribution in [1.29, 1.82) is 0 Å². The Balaban J connectivity index is 2.00. The van der Waals surface area contributed by atoms with Crippen molar-refractivity contribution in [2.75, 3.05) is 19.6 Å². The number of rotatable bonds is 6. The molecule has 1 aliphatic heterocycles. The van der Waals surface area contributed by atoms with Crippen LogP contribution >= 0.6 is 0 Å². The van der Waals surface area contributed by atoms with E-state index in [0.29, 0.717) is 12.3 Å². The van der Waals surface area contributed by atoms with E-state index in [1.54, 1.807) is 0 Å². The summed E-state index contributed by atoms with van der Waals surface area (Å²) in [5, 5.41) is 7.33. The lowest BCUT2D eigenvalue weighted by Gasteiger charge is -2.20. The average molecular weight is 211 g/mol. The Morgan fingerprint density at radius 1 is 1.53 bits per heavy atom. The summed E-state index contributed by atoms with van der Waals surface area (Å²) in [6, 6.07) is 0. The molecule has 1 fully saturated rings. The lowest BCUT2D eigenvalue weighted by atomic mass is 9.94. The molecule has 1 rings (SSSR count). The van der Waals surface area contributed by atoms with Crippen LogP contribution in [0.1, 0.15) is 45.4 Å². The fraction of sp³-hybridized carbons (Fsp3) is 0.917. The zero-order chi connectivity index (χ0) is 10.9. The van der Waals surface area contributed by atoms with Crippen molar-refractivity contribution in [3.63, 3.8) is 0 Å². The van der Waals surface area contributed by atoms with E-state index >= 15 is 0 Å². The van der Waals surface area contributed by atoms with E-state index in [-0.39, 0.29) is 5.91 Å². The molecule has 1 unspecified atom stereocenters. The minimum absolute atomic E-state index is 0.217. The highest BCUT2D eigenvalue weighted by atomic mass is 16.1. The van der Waals surface area contributed by atoms with Crippen molar-refractivity contribution >= 4 is 5.91 Å². The van der Waals surface area contributed by atoms with Crippen LogP contribution in [0.15, 0.2) is 0 Å². The third-order valence-electron chi connectivity index (χ3n) is 2.95. The molecule has 0 aromatic rings. The summed E-state index contributed by atoms with van der Waals surface area (Å²) in [6.45, 7) is 4.97. The van der Waals surface area contributed by atoms with Gasteiger partial charge in [-0.2, -0.15) is 0 Å². The molecule has 1 amide bonds. The van der Waals surface area contributed by atoms with Crippen molar-refractivity contribution < 1.29 is 4.79 Å². The number of hydrogen-bond acceptors (Lipinski definition) is 1. The van der Waals surface area contributed by atoms with E-state index in [2.05, 4.69) is 17.6 Å². The van der Waals surface area contributed by atoms with Crippen molar-refractivity contribution in [3.05, 3.63) is 0 Å². The summed E-state index contributed by atoms with van der Waals surface area (Å²) in [5.74, 6) is 0.879. The molecule has 0 aliphatic carbocycles. The maximum atomic E-state index is 11.4. The minimum Gasteiger partial charge on any atom is -0.356 e. The normalized spacial score (nSPS) is 21.3. The highest BCUT2D eigenvalue weighted by Gasteiger charge is 2.14. The maximum absolute atomic E-state index is 11.4. The summed E-state index contributed by atoms with van der Waals surface area (Å²) >= 11 is 0. The first kappa shape index (κ1) is 12.5. The highest BCUT2D eigenvalue weighted by molar-refractivity contribution is 5.75. The van der Waals surface area contributed by atoms with Crippen LogP contribution in [0.3, 0.4) is 0 Å². The molecule has 1 aliphatic rings. The molecule has 1 saturated heterocycles. The van der Waals surface area contributed by atoms with Gasteiger partial charge in [-0.1, -0.05) is 13.3 Å². The molecule has 87 valence electrons. The van der Waals surface area contributed by atoms with Crippen LogP contribution in [0, 0.1) is 5.92 Å². The van der Waals surface area contributed by atoms with E-state index in [1.165, 1.54) is 12.8 Å². The van der Waals surface area contributed by atoms with Crippen molar-refractivity contribution in [2.45, 2.75) is 45.4 Å². The van der Waals surface area contributed by atoms with E-state index in [1.807, 2.05) is 0 Å². The molecule has 3 heteroatoms. The third kappa shape index (κ3) is 5.78. The molecule has 1 heterocycles. The zero-order valence-corrected chi connectivity index (χ0v) is 9.80. The van der Waals surface area contributed by atoms with E-state index in [9.17, 15) is 4.79 Å². The molecule has 0 aromatic carbocycles. The molecule has 1 radical (unpaired) electrons. The lowest BCUT2D eigenvalue weighted by Crippen LogP contribution is -2.28. The second-order valence-corrected chi connectivity index (χ2v) is 4.38. The van der Waals surface area contributed by atoms with Crippen LogP contribution in [0.5, 0.6) is 0 Å². The molecule has 3 nitrogen and oxygen atoms in total. The first-order valence-electron chi connectivity index (χ1n) is 6.23. The predicted octanol–water partition coefficient (Wildman–Crippen LogP) is 1.70. The van der Waals surface area contributed by atoms with Gasteiger partial charge in [0.1, 0.15) is 0 Å². The highest BCUT2D eigenvalue weighted by Crippen LogP contribution is 2.16. The van der Waals surface area contributed by atoms with Crippen LogP contribution < -0.4 is 10.6 Å². The largest absolute Gasteiger partial charge is 0.356 e. The summed E-state index contributed by atoms with van der Waals surface area (Å²) in [5.41, 5.74) is 0. The fourth-order valence-corrected chi connectivity index (χ4v) is 1.92. The van der Waals surface area contributed by atoms with Gasteiger partial charge >= 0.3 is 0 Å². The smallest absolute Gasteiger partial charge is 0.220 e. The maximum Gasteiger partial charge on any atom is 0.220 e. The van der Waals surface area contributed by atoms with Gasteiger partial charge in [-0.05, 0) is 31.6 Å².